The van der Waals surface area contributed by atoms with E-state index in [1.54, 1.807) is 0 Å². The average molecular weight is 385 g/mol. The highest BCUT2D eigenvalue weighted by Gasteiger charge is 2.35. The van der Waals surface area contributed by atoms with Crippen LogP contribution in [-0.2, 0) is 11.0 Å². The van der Waals surface area contributed by atoms with Crippen LogP contribution in [0.15, 0.2) is 24.3 Å². The van der Waals surface area contributed by atoms with E-state index in [4.69, 9.17) is 15.3 Å². The van der Waals surface area contributed by atoms with E-state index in [1.807, 2.05) is 0 Å². The monoisotopic (exact) mass is 385 g/mol. The molecule has 0 bridgehead atoms. The summed E-state index contributed by atoms with van der Waals surface area (Å²) in [5.74, 6) is -1.77. The summed E-state index contributed by atoms with van der Waals surface area (Å²) in [4.78, 5) is 10.9. The molecule has 0 aliphatic heterocycles. The number of allylic oxidation sites excluding steroid dienone is 1. The number of rotatable bonds is 6. The molecule has 0 radical (unpaired) electrons. The number of alkyl halides is 6. The third-order valence-corrected chi connectivity index (χ3v) is 3.19. The smallest absolute Gasteiger partial charge is 0.432 e. The highest BCUT2D eigenvalue weighted by molar-refractivity contribution is 6.01. The zero-order valence-electron chi connectivity index (χ0n) is 13.5. The maximum absolute atomic E-state index is 12.9. The van der Waals surface area contributed by atoms with Gasteiger partial charge in [0.25, 0.3) is 0 Å². The van der Waals surface area contributed by atoms with Crippen LogP contribution in [-0.4, -0.2) is 36.1 Å². The molecular formula is C15H15F6N2O3+. The van der Waals surface area contributed by atoms with Gasteiger partial charge in [-0.15, -0.1) is 0 Å². The fourth-order valence-electron chi connectivity index (χ4n) is 1.83. The Bertz CT molecular complexity index is 725. The molecule has 1 aromatic rings. The molecule has 1 atom stereocenters. The molecule has 1 aromatic carbocycles. The number of benzene rings is 1. The predicted molar refractivity (Wildman–Crippen MR) is 78.8 cm³/mol. The topological polar surface area (TPSA) is 87.0 Å². The third-order valence-electron chi connectivity index (χ3n) is 3.19. The average Bonchev–Trinajstić information content (AvgIpc) is 2.50. The Kier molecular flexibility index (Phi) is 6.42. The Morgan fingerprint density at radius 3 is 2.27 bits per heavy atom. The number of hydrogen-bond acceptors (Lipinski definition) is 3. The van der Waals surface area contributed by atoms with Crippen molar-refractivity contribution in [1.82, 2.24) is 0 Å². The molecule has 0 aliphatic rings. The minimum atomic E-state index is -4.99. The van der Waals surface area contributed by atoms with Crippen LogP contribution in [0.25, 0.3) is 5.70 Å². The van der Waals surface area contributed by atoms with Crippen molar-refractivity contribution < 1.29 is 46.3 Å². The van der Waals surface area contributed by atoms with Crippen molar-refractivity contribution >= 4 is 17.4 Å². The van der Waals surface area contributed by atoms with E-state index < -0.39 is 41.3 Å². The molecule has 0 spiro atoms. The maximum atomic E-state index is 12.9. The van der Waals surface area contributed by atoms with E-state index in [0.29, 0.717) is 18.2 Å². The number of carboxylic acid groups (broad SMARTS) is 1. The van der Waals surface area contributed by atoms with Gasteiger partial charge in [0.1, 0.15) is 17.2 Å². The van der Waals surface area contributed by atoms with Crippen LogP contribution in [0.4, 0.5) is 26.3 Å². The van der Waals surface area contributed by atoms with Gasteiger partial charge in [-0.1, -0.05) is 0 Å². The molecule has 0 amide bonds. The van der Waals surface area contributed by atoms with Gasteiger partial charge in [0.2, 0.25) is 0 Å². The Hall–Kier alpha value is -2.56. The zero-order valence-corrected chi connectivity index (χ0v) is 13.5. The van der Waals surface area contributed by atoms with Crippen molar-refractivity contribution in [2.45, 2.75) is 25.4 Å². The molecule has 4 N–H and O–H groups in total. The van der Waals surface area contributed by atoms with Gasteiger partial charge >= 0.3 is 18.3 Å². The Morgan fingerprint density at radius 1 is 1.27 bits per heavy atom. The van der Waals surface area contributed by atoms with Gasteiger partial charge in [0.05, 0.1) is 18.2 Å². The summed E-state index contributed by atoms with van der Waals surface area (Å²) in [6.45, 7) is 1.11. The number of halogens is 6. The molecule has 26 heavy (non-hydrogen) atoms. The van der Waals surface area contributed by atoms with Crippen LogP contribution >= 0.6 is 0 Å². The van der Waals surface area contributed by atoms with Gasteiger partial charge in [-0.3, -0.25) is 5.41 Å². The molecular weight excluding hydrogens is 370 g/mol. The van der Waals surface area contributed by atoms with Crippen molar-refractivity contribution in [1.29, 1.82) is 5.41 Å². The summed E-state index contributed by atoms with van der Waals surface area (Å²) >= 11 is 0. The minimum Gasteiger partial charge on any atom is -0.479 e. The molecule has 0 saturated heterocycles. The van der Waals surface area contributed by atoms with Crippen LogP contribution in [0.2, 0.25) is 0 Å². The summed E-state index contributed by atoms with van der Waals surface area (Å²) in [6, 6.07) is 1.99. The number of quaternary nitrogens is 1. The minimum absolute atomic E-state index is 0.341. The fourth-order valence-corrected chi connectivity index (χ4v) is 1.83. The zero-order chi connectivity index (χ0) is 20.3. The number of ether oxygens (including phenoxy) is 1. The number of carboxylic acids is 1. The van der Waals surface area contributed by atoms with Crippen LogP contribution in [0, 0.1) is 5.41 Å². The standard InChI is InChI=1S/C15H14F6N2O3/c1-7(13(24)25)26-11-4-3-8(14(16,17)18)5-9(11)10(23-2)6-12(22)15(19,20)21/h3-7,22-23H,1-2H3,(H,24,25)/p+1/b10-6-,22-12?/t7-/m0/s1. The molecule has 11 heteroatoms. The lowest BCUT2D eigenvalue weighted by Gasteiger charge is -2.17. The number of aliphatic carboxylic acids is 1. The third kappa shape index (κ3) is 5.48. The molecule has 1 rings (SSSR count). The van der Waals surface area contributed by atoms with E-state index >= 15 is 0 Å². The van der Waals surface area contributed by atoms with Gasteiger partial charge < -0.3 is 15.2 Å². The summed E-state index contributed by atoms with van der Waals surface area (Å²) in [5, 5.41) is 16.9. The molecule has 5 nitrogen and oxygen atoms in total. The molecule has 0 aliphatic carbocycles. The van der Waals surface area contributed by atoms with Gasteiger partial charge in [0.15, 0.2) is 6.10 Å². The maximum Gasteiger partial charge on any atom is 0.432 e. The molecule has 0 heterocycles. The Morgan fingerprint density at radius 2 is 1.85 bits per heavy atom. The summed E-state index contributed by atoms with van der Waals surface area (Å²) < 4.78 is 81.5. The highest BCUT2D eigenvalue weighted by atomic mass is 19.4. The molecule has 144 valence electrons. The summed E-state index contributed by atoms with van der Waals surface area (Å²) in [7, 11) is 1.26. The lowest BCUT2D eigenvalue weighted by molar-refractivity contribution is -0.530. The highest BCUT2D eigenvalue weighted by Crippen LogP contribution is 2.34. The van der Waals surface area contributed by atoms with E-state index in [0.717, 1.165) is 18.3 Å². The van der Waals surface area contributed by atoms with Crippen molar-refractivity contribution in [2.75, 3.05) is 7.05 Å². The van der Waals surface area contributed by atoms with E-state index in [1.165, 1.54) is 7.05 Å². The Balaban J connectivity index is 3.53. The van der Waals surface area contributed by atoms with Crippen molar-refractivity contribution in [3.05, 3.63) is 35.4 Å². The van der Waals surface area contributed by atoms with Crippen molar-refractivity contribution in [3.8, 4) is 5.75 Å². The van der Waals surface area contributed by atoms with E-state index in [-0.39, 0.29) is 11.4 Å². The second-order valence-corrected chi connectivity index (χ2v) is 5.11. The predicted octanol–water partition coefficient (Wildman–Crippen LogP) is 2.67. The first-order valence-corrected chi connectivity index (χ1v) is 7.05. The van der Waals surface area contributed by atoms with Crippen molar-refractivity contribution in [2.24, 2.45) is 0 Å². The van der Waals surface area contributed by atoms with Crippen molar-refractivity contribution in [3.63, 3.8) is 0 Å². The lowest BCUT2D eigenvalue weighted by atomic mass is 10.0. The summed E-state index contributed by atoms with van der Waals surface area (Å²) in [6.07, 6.45) is -10.9. The normalized spacial score (nSPS) is 14.1. The van der Waals surface area contributed by atoms with Crippen LogP contribution in [0.5, 0.6) is 5.75 Å². The first kappa shape index (κ1) is 21.5. The van der Waals surface area contributed by atoms with Gasteiger partial charge in [-0.2, -0.15) is 26.3 Å². The second-order valence-electron chi connectivity index (χ2n) is 5.11. The van der Waals surface area contributed by atoms with Gasteiger partial charge in [-0.05, 0) is 25.1 Å². The molecule has 0 unspecified atom stereocenters. The largest absolute Gasteiger partial charge is 0.479 e. The van der Waals surface area contributed by atoms with E-state index in [9.17, 15) is 31.1 Å². The summed E-state index contributed by atoms with van der Waals surface area (Å²) in [5.41, 5.74) is -3.72. The van der Waals surface area contributed by atoms with Crippen LogP contribution in [0.1, 0.15) is 18.1 Å². The molecule has 0 aromatic heterocycles. The second kappa shape index (κ2) is 7.77. The molecule has 0 saturated carbocycles. The number of nitrogens with two attached hydrogens (primary N) is 1. The van der Waals surface area contributed by atoms with Gasteiger partial charge in [-0.25, -0.2) is 4.79 Å². The quantitative estimate of drug-likeness (QED) is 0.520. The van der Waals surface area contributed by atoms with Crippen LogP contribution in [0.3, 0.4) is 0 Å². The van der Waals surface area contributed by atoms with Gasteiger partial charge in [0, 0.05) is 6.08 Å². The van der Waals surface area contributed by atoms with E-state index in [2.05, 4.69) is 0 Å². The fraction of sp³-hybridized carbons (Fsp3) is 0.333. The molecule has 0 fully saturated rings. The lowest BCUT2D eigenvalue weighted by Crippen LogP contribution is -2.76. The number of nitrogens with one attached hydrogen (secondary N) is 1. The first-order chi connectivity index (χ1) is 11.8. The SMILES string of the molecule is C[NH2+]/C(=C\C(=N)C(F)(F)F)c1cc(C(F)(F)F)ccc1O[C@@H](C)C(=O)O. The number of hydrogen-bond donors (Lipinski definition) is 3. The first-order valence-electron chi connectivity index (χ1n) is 7.05. The Labute approximate surface area is 143 Å². The number of carbonyl (C=O) groups is 1. The van der Waals surface area contributed by atoms with Crippen LogP contribution < -0.4 is 10.1 Å².